The van der Waals surface area contributed by atoms with Crippen LogP contribution < -0.4 is 10.2 Å². The first-order valence-corrected chi connectivity index (χ1v) is 13.1. The molecule has 196 valence electrons. The highest BCUT2D eigenvalue weighted by molar-refractivity contribution is 5.90. The van der Waals surface area contributed by atoms with Crippen LogP contribution in [0.3, 0.4) is 0 Å². The SMILES string of the molecule is Cc1cccc(NC(=O)N2Cc3c(C)nn(-c4ccccc4)c3-n3cccc3C2c2ccc(N(C)C)cc2)c1. The molecule has 0 saturated carbocycles. The van der Waals surface area contributed by atoms with Crippen molar-refractivity contribution in [2.75, 3.05) is 24.3 Å². The normalized spacial score (nSPS) is 14.4. The minimum absolute atomic E-state index is 0.158. The summed E-state index contributed by atoms with van der Waals surface area (Å²) in [6.07, 6.45) is 2.07. The van der Waals surface area contributed by atoms with Crippen LogP contribution in [0.5, 0.6) is 0 Å². The summed E-state index contributed by atoms with van der Waals surface area (Å²) in [6, 6.07) is 30.2. The molecule has 1 N–H and O–H groups in total. The van der Waals surface area contributed by atoms with Crippen molar-refractivity contribution in [2.45, 2.75) is 26.4 Å². The van der Waals surface area contributed by atoms with Crippen LogP contribution in [0.25, 0.3) is 11.5 Å². The molecule has 1 aliphatic heterocycles. The van der Waals surface area contributed by atoms with Gasteiger partial charge in [-0.05, 0) is 73.5 Å². The van der Waals surface area contributed by atoms with Gasteiger partial charge in [0.25, 0.3) is 0 Å². The van der Waals surface area contributed by atoms with E-state index in [4.69, 9.17) is 5.10 Å². The van der Waals surface area contributed by atoms with E-state index >= 15 is 0 Å². The van der Waals surface area contributed by atoms with E-state index in [-0.39, 0.29) is 12.1 Å². The monoisotopic (exact) mass is 516 g/mol. The van der Waals surface area contributed by atoms with Crippen molar-refractivity contribution in [3.05, 3.63) is 125 Å². The molecular formula is C32H32N6O. The zero-order valence-electron chi connectivity index (χ0n) is 22.7. The molecule has 3 aromatic carbocycles. The number of nitrogens with zero attached hydrogens (tertiary/aromatic N) is 5. The summed E-state index contributed by atoms with van der Waals surface area (Å²) in [6.45, 7) is 4.45. The molecule has 0 bridgehead atoms. The fourth-order valence-electron chi connectivity index (χ4n) is 5.37. The van der Waals surface area contributed by atoms with Crippen molar-refractivity contribution >= 4 is 17.4 Å². The molecule has 39 heavy (non-hydrogen) atoms. The number of urea groups is 1. The fraction of sp³-hybridized carbons (Fsp3) is 0.188. The van der Waals surface area contributed by atoms with Gasteiger partial charge in [-0.25, -0.2) is 9.48 Å². The lowest BCUT2D eigenvalue weighted by Crippen LogP contribution is -2.38. The third kappa shape index (κ3) is 4.46. The van der Waals surface area contributed by atoms with Crippen molar-refractivity contribution in [1.82, 2.24) is 19.2 Å². The number of benzene rings is 3. The van der Waals surface area contributed by atoms with Crippen LogP contribution in [-0.4, -0.2) is 39.4 Å². The maximum Gasteiger partial charge on any atom is 0.322 e. The Hall–Kier alpha value is -4.78. The highest BCUT2D eigenvalue weighted by Gasteiger charge is 2.36. The molecule has 0 aliphatic carbocycles. The summed E-state index contributed by atoms with van der Waals surface area (Å²) < 4.78 is 4.18. The van der Waals surface area contributed by atoms with Crippen LogP contribution in [0.1, 0.15) is 34.1 Å². The van der Waals surface area contributed by atoms with E-state index in [0.717, 1.165) is 51.0 Å². The van der Waals surface area contributed by atoms with Crippen molar-refractivity contribution in [3.63, 3.8) is 0 Å². The number of para-hydroxylation sites is 1. The van der Waals surface area contributed by atoms with Crippen LogP contribution in [0.4, 0.5) is 16.2 Å². The third-order valence-electron chi connectivity index (χ3n) is 7.34. The summed E-state index contributed by atoms with van der Waals surface area (Å²) in [5.74, 6) is 0.958. The molecule has 1 aliphatic rings. The summed E-state index contributed by atoms with van der Waals surface area (Å²) in [4.78, 5) is 18.1. The van der Waals surface area contributed by atoms with Gasteiger partial charge in [0, 0.05) is 37.2 Å². The molecule has 7 nitrogen and oxygen atoms in total. The van der Waals surface area contributed by atoms with E-state index in [1.807, 2.05) is 86.1 Å². The maximum absolute atomic E-state index is 14.1. The first-order chi connectivity index (χ1) is 18.9. The number of hydrogen-bond donors (Lipinski definition) is 1. The molecule has 2 aromatic heterocycles. The van der Waals surface area contributed by atoms with E-state index in [2.05, 4.69) is 63.4 Å². The molecule has 2 amide bonds. The van der Waals surface area contributed by atoms with Crippen molar-refractivity contribution in [1.29, 1.82) is 0 Å². The molecule has 1 unspecified atom stereocenters. The second-order valence-corrected chi connectivity index (χ2v) is 10.3. The first-order valence-electron chi connectivity index (χ1n) is 13.1. The summed E-state index contributed by atoms with van der Waals surface area (Å²) in [5, 5.41) is 8.10. The molecule has 5 aromatic rings. The topological polar surface area (TPSA) is 58.3 Å². The Morgan fingerprint density at radius 1 is 0.923 bits per heavy atom. The zero-order chi connectivity index (χ0) is 27.1. The van der Waals surface area contributed by atoms with Crippen molar-refractivity contribution in [2.24, 2.45) is 0 Å². The number of hydrogen-bond acceptors (Lipinski definition) is 3. The third-order valence-corrected chi connectivity index (χ3v) is 7.34. The number of carbonyl (C=O) groups excluding carboxylic acids is 1. The second-order valence-electron chi connectivity index (χ2n) is 10.3. The molecule has 0 radical (unpaired) electrons. The van der Waals surface area contributed by atoms with Gasteiger partial charge in [-0.1, -0.05) is 42.5 Å². The smallest absolute Gasteiger partial charge is 0.322 e. The Bertz CT molecular complexity index is 1630. The van der Waals surface area contributed by atoms with Gasteiger partial charge >= 0.3 is 6.03 Å². The fourth-order valence-corrected chi connectivity index (χ4v) is 5.37. The van der Waals surface area contributed by atoms with Gasteiger partial charge < -0.3 is 19.7 Å². The molecule has 7 heteroatoms. The Morgan fingerprint density at radius 2 is 1.69 bits per heavy atom. The molecule has 0 spiro atoms. The molecule has 0 saturated heterocycles. The quantitative estimate of drug-likeness (QED) is 0.297. The number of aryl methyl sites for hydroxylation is 2. The van der Waals surface area contributed by atoms with Gasteiger partial charge in [0.05, 0.1) is 29.7 Å². The van der Waals surface area contributed by atoms with E-state index in [1.165, 1.54) is 0 Å². The summed E-state index contributed by atoms with van der Waals surface area (Å²) >= 11 is 0. The van der Waals surface area contributed by atoms with E-state index in [1.54, 1.807) is 0 Å². The minimum Gasteiger partial charge on any atom is -0.378 e. The Labute approximate surface area is 228 Å². The van der Waals surface area contributed by atoms with Crippen LogP contribution >= 0.6 is 0 Å². The molecule has 1 atom stereocenters. The van der Waals surface area contributed by atoms with E-state index in [9.17, 15) is 4.79 Å². The average Bonchev–Trinajstić information content (AvgIpc) is 3.49. The van der Waals surface area contributed by atoms with Crippen LogP contribution in [-0.2, 0) is 6.54 Å². The van der Waals surface area contributed by atoms with Gasteiger partial charge in [-0.15, -0.1) is 0 Å². The Morgan fingerprint density at radius 3 is 2.41 bits per heavy atom. The lowest BCUT2D eigenvalue weighted by molar-refractivity contribution is 0.194. The number of carbonyl (C=O) groups is 1. The highest BCUT2D eigenvalue weighted by Crippen LogP contribution is 2.39. The number of anilines is 2. The molecular weight excluding hydrogens is 484 g/mol. The minimum atomic E-state index is -0.308. The van der Waals surface area contributed by atoms with Crippen molar-refractivity contribution in [3.8, 4) is 11.5 Å². The van der Waals surface area contributed by atoms with E-state index < -0.39 is 0 Å². The number of fused-ring (bicyclic) bond motifs is 3. The number of amides is 2. The van der Waals surface area contributed by atoms with Crippen LogP contribution in [0.15, 0.2) is 97.2 Å². The van der Waals surface area contributed by atoms with Crippen LogP contribution in [0.2, 0.25) is 0 Å². The standard InChI is InChI=1S/C32H32N6O/c1-22-10-8-11-25(20-22)33-32(39)37-21-28-23(2)34-38(27-12-6-5-7-13-27)31(28)36-19-9-14-29(36)30(37)24-15-17-26(18-16-24)35(3)4/h5-20,30H,21H2,1-4H3,(H,33,39). The summed E-state index contributed by atoms with van der Waals surface area (Å²) in [7, 11) is 4.06. The number of rotatable bonds is 4. The predicted octanol–water partition coefficient (Wildman–Crippen LogP) is 6.48. The van der Waals surface area contributed by atoms with Crippen LogP contribution in [0, 0.1) is 13.8 Å². The Kier molecular flexibility index (Phi) is 6.19. The first kappa shape index (κ1) is 24.6. The highest BCUT2D eigenvalue weighted by atomic mass is 16.2. The molecule has 6 rings (SSSR count). The average molecular weight is 517 g/mol. The van der Waals surface area contributed by atoms with Gasteiger partial charge in [0.15, 0.2) is 0 Å². The van der Waals surface area contributed by atoms with Gasteiger partial charge in [0.2, 0.25) is 0 Å². The largest absolute Gasteiger partial charge is 0.378 e. The zero-order valence-corrected chi connectivity index (χ0v) is 22.7. The number of nitrogens with one attached hydrogen (secondary N) is 1. The van der Waals surface area contributed by atoms with E-state index in [0.29, 0.717) is 6.54 Å². The second kappa shape index (κ2) is 9.83. The van der Waals surface area contributed by atoms with Gasteiger partial charge in [0.1, 0.15) is 5.82 Å². The lowest BCUT2D eigenvalue weighted by Gasteiger charge is -2.31. The maximum atomic E-state index is 14.1. The molecule has 3 heterocycles. The van der Waals surface area contributed by atoms with Crippen molar-refractivity contribution < 1.29 is 4.79 Å². The van der Waals surface area contributed by atoms with Gasteiger partial charge in [-0.2, -0.15) is 5.10 Å². The number of aromatic nitrogens is 3. The Balaban J connectivity index is 1.52. The van der Waals surface area contributed by atoms with Gasteiger partial charge in [-0.3, -0.25) is 0 Å². The summed E-state index contributed by atoms with van der Waals surface area (Å²) in [5.41, 5.74) is 7.91. The predicted molar refractivity (Wildman–Crippen MR) is 156 cm³/mol. The molecule has 0 fully saturated rings. The lowest BCUT2D eigenvalue weighted by atomic mass is 10.0.